The summed E-state index contributed by atoms with van der Waals surface area (Å²) in [7, 11) is 1.41. The highest BCUT2D eigenvalue weighted by molar-refractivity contribution is 7.99. The second-order valence-corrected chi connectivity index (χ2v) is 5.77. The van der Waals surface area contributed by atoms with E-state index in [1.165, 1.54) is 31.0 Å². The summed E-state index contributed by atoms with van der Waals surface area (Å²) in [6.07, 6.45) is 0.641. The zero-order valence-corrected chi connectivity index (χ0v) is 12.6. The van der Waals surface area contributed by atoms with Gasteiger partial charge < -0.3 is 4.74 Å². The van der Waals surface area contributed by atoms with Crippen LogP contribution in [0.15, 0.2) is 59.5 Å². The third kappa shape index (κ3) is 4.90. The summed E-state index contributed by atoms with van der Waals surface area (Å²) in [5.41, 5.74) is 1.10. The molecule has 0 radical (unpaired) electrons. The molecule has 0 aromatic heterocycles. The fourth-order valence-corrected chi connectivity index (χ4v) is 2.98. The fraction of sp³-hybridized carbons (Fsp3) is 0.235. The Hall–Kier alpha value is -1.81. The first-order valence-corrected chi connectivity index (χ1v) is 7.67. The van der Waals surface area contributed by atoms with E-state index in [4.69, 9.17) is 4.74 Å². The topological polar surface area (TPSA) is 26.3 Å². The number of ether oxygens (including phenoxy) is 1. The Morgan fingerprint density at radius 3 is 2.43 bits per heavy atom. The molecular formula is C17H17FO2S. The van der Waals surface area contributed by atoms with Crippen LogP contribution >= 0.6 is 11.8 Å². The zero-order chi connectivity index (χ0) is 15.1. The van der Waals surface area contributed by atoms with E-state index in [9.17, 15) is 9.18 Å². The number of benzene rings is 2. The van der Waals surface area contributed by atoms with E-state index >= 15 is 0 Å². The smallest absolute Gasteiger partial charge is 0.309 e. The Labute approximate surface area is 128 Å². The second kappa shape index (κ2) is 7.84. The Morgan fingerprint density at radius 1 is 1.14 bits per heavy atom. The molecule has 21 heavy (non-hydrogen) atoms. The minimum atomic E-state index is -0.256. The van der Waals surface area contributed by atoms with Crippen LogP contribution < -0.4 is 0 Å². The predicted molar refractivity (Wildman–Crippen MR) is 82.8 cm³/mol. The number of hydrogen-bond acceptors (Lipinski definition) is 3. The standard InChI is InChI=1S/C17H17FO2S/c1-20-17(19)14(11-13-5-3-2-4-6-13)12-21-16-9-7-15(18)8-10-16/h2-10,14H,11-12H2,1H3/t14-/m1/s1. The van der Waals surface area contributed by atoms with Crippen LogP contribution in [0.4, 0.5) is 4.39 Å². The molecule has 4 heteroatoms. The molecule has 2 nitrogen and oxygen atoms in total. The Kier molecular flexibility index (Phi) is 5.81. The van der Waals surface area contributed by atoms with Crippen molar-refractivity contribution in [1.82, 2.24) is 0 Å². The lowest BCUT2D eigenvalue weighted by molar-refractivity contribution is -0.144. The summed E-state index contributed by atoms with van der Waals surface area (Å²) in [6, 6.07) is 16.1. The molecule has 0 unspecified atom stereocenters. The molecule has 0 saturated heterocycles. The van der Waals surface area contributed by atoms with Crippen LogP contribution in [0.25, 0.3) is 0 Å². The Morgan fingerprint density at radius 2 is 1.81 bits per heavy atom. The maximum Gasteiger partial charge on any atom is 0.309 e. The maximum atomic E-state index is 12.9. The van der Waals surface area contributed by atoms with Crippen molar-refractivity contribution in [2.45, 2.75) is 11.3 Å². The molecule has 0 aliphatic carbocycles. The molecule has 110 valence electrons. The number of rotatable bonds is 6. The summed E-state index contributed by atoms with van der Waals surface area (Å²) in [5, 5.41) is 0. The lowest BCUT2D eigenvalue weighted by Crippen LogP contribution is -2.21. The lowest BCUT2D eigenvalue weighted by atomic mass is 10.0. The van der Waals surface area contributed by atoms with Crippen LogP contribution in [0.2, 0.25) is 0 Å². The number of carbonyl (C=O) groups is 1. The molecule has 0 aliphatic rings. The maximum absolute atomic E-state index is 12.9. The Bertz CT molecular complexity index is 569. The first-order chi connectivity index (χ1) is 10.2. The van der Waals surface area contributed by atoms with Gasteiger partial charge in [-0.05, 0) is 36.2 Å². The van der Waals surface area contributed by atoms with Crippen LogP contribution in [-0.2, 0) is 16.0 Å². The normalized spacial score (nSPS) is 11.9. The second-order valence-electron chi connectivity index (χ2n) is 4.67. The van der Waals surface area contributed by atoms with Gasteiger partial charge in [-0.15, -0.1) is 11.8 Å². The molecule has 2 aromatic rings. The van der Waals surface area contributed by atoms with Gasteiger partial charge in [0.2, 0.25) is 0 Å². The van der Waals surface area contributed by atoms with Gasteiger partial charge in [-0.1, -0.05) is 30.3 Å². The quantitative estimate of drug-likeness (QED) is 0.597. The van der Waals surface area contributed by atoms with Gasteiger partial charge in [0.25, 0.3) is 0 Å². The summed E-state index contributed by atoms with van der Waals surface area (Å²) in [4.78, 5) is 12.8. The number of carbonyl (C=O) groups excluding carboxylic acids is 1. The molecular weight excluding hydrogens is 287 g/mol. The van der Waals surface area contributed by atoms with Gasteiger partial charge in [-0.2, -0.15) is 0 Å². The third-order valence-corrected chi connectivity index (χ3v) is 4.30. The molecule has 0 heterocycles. The Balaban J connectivity index is 1.99. The van der Waals surface area contributed by atoms with E-state index in [1.54, 1.807) is 12.1 Å². The van der Waals surface area contributed by atoms with E-state index in [0.29, 0.717) is 12.2 Å². The largest absolute Gasteiger partial charge is 0.469 e. The van der Waals surface area contributed by atoms with Gasteiger partial charge in [0.15, 0.2) is 0 Å². The van der Waals surface area contributed by atoms with Crippen LogP contribution in [0, 0.1) is 11.7 Å². The molecule has 0 fully saturated rings. The van der Waals surface area contributed by atoms with Crippen LogP contribution in [-0.4, -0.2) is 18.8 Å². The van der Waals surface area contributed by atoms with Crippen molar-refractivity contribution >= 4 is 17.7 Å². The minimum Gasteiger partial charge on any atom is -0.469 e. The molecule has 2 aromatic carbocycles. The van der Waals surface area contributed by atoms with Crippen LogP contribution in [0.5, 0.6) is 0 Å². The van der Waals surface area contributed by atoms with Crippen molar-refractivity contribution in [3.8, 4) is 0 Å². The van der Waals surface area contributed by atoms with Gasteiger partial charge >= 0.3 is 5.97 Å². The summed E-state index contributed by atoms with van der Waals surface area (Å²) < 4.78 is 17.8. The van der Waals surface area contributed by atoms with E-state index in [2.05, 4.69) is 0 Å². The molecule has 0 spiro atoms. The minimum absolute atomic E-state index is 0.214. The average Bonchev–Trinajstić information content (AvgIpc) is 2.53. The lowest BCUT2D eigenvalue weighted by Gasteiger charge is -2.14. The van der Waals surface area contributed by atoms with Crippen molar-refractivity contribution in [1.29, 1.82) is 0 Å². The number of thioether (sulfide) groups is 1. The highest BCUT2D eigenvalue weighted by Crippen LogP contribution is 2.23. The number of halogens is 1. The summed E-state index contributed by atoms with van der Waals surface area (Å²) >= 11 is 1.53. The fourth-order valence-electron chi connectivity index (χ4n) is 2.00. The van der Waals surface area contributed by atoms with Gasteiger partial charge in [0.05, 0.1) is 13.0 Å². The summed E-state index contributed by atoms with van der Waals surface area (Å²) in [6.45, 7) is 0. The van der Waals surface area contributed by atoms with Gasteiger partial charge in [-0.25, -0.2) is 4.39 Å². The molecule has 2 rings (SSSR count). The first-order valence-electron chi connectivity index (χ1n) is 6.69. The number of esters is 1. The highest BCUT2D eigenvalue weighted by atomic mass is 32.2. The van der Waals surface area contributed by atoms with Crippen molar-refractivity contribution in [3.63, 3.8) is 0 Å². The first kappa shape index (κ1) is 15.6. The highest BCUT2D eigenvalue weighted by Gasteiger charge is 2.20. The van der Waals surface area contributed by atoms with Crippen LogP contribution in [0.3, 0.4) is 0 Å². The predicted octanol–water partition coefficient (Wildman–Crippen LogP) is 3.95. The summed E-state index contributed by atoms with van der Waals surface area (Å²) in [5.74, 6) is -0.0817. The third-order valence-electron chi connectivity index (χ3n) is 3.12. The molecule has 0 N–H and O–H groups in total. The van der Waals surface area contributed by atoms with E-state index in [1.807, 2.05) is 30.3 Å². The molecule has 1 atom stereocenters. The van der Waals surface area contributed by atoms with Gasteiger partial charge in [-0.3, -0.25) is 4.79 Å². The van der Waals surface area contributed by atoms with Gasteiger partial charge in [0.1, 0.15) is 5.82 Å². The van der Waals surface area contributed by atoms with E-state index < -0.39 is 0 Å². The van der Waals surface area contributed by atoms with E-state index in [-0.39, 0.29) is 17.7 Å². The van der Waals surface area contributed by atoms with Gasteiger partial charge in [0, 0.05) is 10.6 Å². The van der Waals surface area contributed by atoms with Crippen molar-refractivity contribution in [3.05, 3.63) is 66.0 Å². The molecule has 0 amide bonds. The van der Waals surface area contributed by atoms with Crippen molar-refractivity contribution < 1.29 is 13.9 Å². The zero-order valence-electron chi connectivity index (χ0n) is 11.8. The molecule has 0 aliphatic heterocycles. The number of methoxy groups -OCH3 is 1. The van der Waals surface area contributed by atoms with Crippen LogP contribution in [0.1, 0.15) is 5.56 Å². The monoisotopic (exact) mass is 304 g/mol. The van der Waals surface area contributed by atoms with Crippen molar-refractivity contribution in [2.75, 3.05) is 12.9 Å². The molecule has 0 saturated carbocycles. The number of hydrogen-bond donors (Lipinski definition) is 0. The molecule has 0 bridgehead atoms. The SMILES string of the molecule is COC(=O)[C@@H](CSc1ccc(F)cc1)Cc1ccccc1. The average molecular weight is 304 g/mol. The van der Waals surface area contributed by atoms with Crippen molar-refractivity contribution in [2.24, 2.45) is 5.92 Å². The van der Waals surface area contributed by atoms with E-state index in [0.717, 1.165) is 10.5 Å².